The average Bonchev–Trinajstić information content (AvgIpc) is 2.14. The van der Waals surface area contributed by atoms with Gasteiger partial charge < -0.3 is 9.73 Å². The number of hydrogen-bond donors (Lipinski definition) is 1. The minimum atomic E-state index is 0. The lowest BCUT2D eigenvalue weighted by Crippen LogP contribution is -1.85. The molecule has 5 heteroatoms. The second-order valence-corrected chi connectivity index (χ2v) is 1.38. The lowest BCUT2D eigenvalue weighted by molar-refractivity contribution is 0.534. The van der Waals surface area contributed by atoms with Crippen molar-refractivity contribution in [3.8, 4) is 0 Å². The third kappa shape index (κ3) is 1.89. The summed E-state index contributed by atoms with van der Waals surface area (Å²) in [6, 6.07) is 0.461. The minimum absolute atomic E-state index is 0. The maximum absolute atomic E-state index is 4.90. The zero-order valence-electron chi connectivity index (χ0n) is 5.21. The summed E-state index contributed by atoms with van der Waals surface area (Å²) in [6.45, 7) is 1.74. The summed E-state index contributed by atoms with van der Waals surface area (Å²) >= 11 is 0. The van der Waals surface area contributed by atoms with Crippen LogP contribution in [0.25, 0.3) is 0 Å². The van der Waals surface area contributed by atoms with Gasteiger partial charge in [0, 0.05) is 14.0 Å². The molecule has 0 bridgehead atoms. The van der Waals surface area contributed by atoms with Gasteiger partial charge in [-0.25, -0.2) is 0 Å². The summed E-state index contributed by atoms with van der Waals surface area (Å²) in [7, 11) is 1.73. The SMILES string of the molecule is CNc1nnc(C)o1.Cl. The normalized spacial score (nSPS) is 8.22. The van der Waals surface area contributed by atoms with E-state index in [1.54, 1.807) is 14.0 Å². The number of anilines is 1. The summed E-state index contributed by atoms with van der Waals surface area (Å²) < 4.78 is 4.90. The van der Waals surface area contributed by atoms with Crippen molar-refractivity contribution in [1.29, 1.82) is 0 Å². The predicted octanol–water partition coefficient (Wildman–Crippen LogP) is 0.842. The Hall–Kier alpha value is -0.770. The fourth-order valence-electron chi connectivity index (χ4n) is 0.398. The van der Waals surface area contributed by atoms with E-state index in [0.29, 0.717) is 11.9 Å². The second kappa shape index (κ2) is 3.29. The molecule has 1 heterocycles. The molecule has 0 saturated heterocycles. The van der Waals surface area contributed by atoms with Crippen molar-refractivity contribution in [2.75, 3.05) is 12.4 Å². The third-order valence-electron chi connectivity index (χ3n) is 0.740. The monoisotopic (exact) mass is 149 g/mol. The lowest BCUT2D eigenvalue weighted by atomic mass is 10.8. The number of nitrogens with zero attached hydrogens (tertiary/aromatic N) is 2. The molecule has 0 radical (unpaired) electrons. The van der Waals surface area contributed by atoms with Crippen LogP contribution in [0.1, 0.15) is 5.89 Å². The molecule has 0 atom stereocenters. The molecule has 0 fully saturated rings. The van der Waals surface area contributed by atoms with Crippen LogP contribution in [0.4, 0.5) is 6.01 Å². The molecule has 4 nitrogen and oxygen atoms in total. The third-order valence-corrected chi connectivity index (χ3v) is 0.740. The van der Waals surface area contributed by atoms with Crippen LogP contribution in [-0.4, -0.2) is 17.2 Å². The maximum atomic E-state index is 4.90. The van der Waals surface area contributed by atoms with Crippen molar-refractivity contribution >= 4 is 18.4 Å². The van der Waals surface area contributed by atoms with Crippen LogP contribution in [0.3, 0.4) is 0 Å². The molecule has 0 aliphatic rings. The molecule has 1 N–H and O–H groups in total. The van der Waals surface area contributed by atoms with Gasteiger partial charge in [-0.05, 0) is 0 Å². The first-order valence-electron chi connectivity index (χ1n) is 2.31. The number of halogens is 1. The van der Waals surface area contributed by atoms with Crippen molar-refractivity contribution in [2.24, 2.45) is 0 Å². The molecule has 1 rings (SSSR count). The Morgan fingerprint density at radius 2 is 2.11 bits per heavy atom. The van der Waals surface area contributed by atoms with Crippen LogP contribution in [0.5, 0.6) is 0 Å². The molecular weight excluding hydrogens is 142 g/mol. The van der Waals surface area contributed by atoms with Crippen molar-refractivity contribution in [2.45, 2.75) is 6.92 Å². The Morgan fingerprint density at radius 1 is 1.44 bits per heavy atom. The molecule has 0 aromatic carbocycles. The van der Waals surface area contributed by atoms with Crippen molar-refractivity contribution < 1.29 is 4.42 Å². The van der Waals surface area contributed by atoms with Gasteiger partial charge in [-0.1, -0.05) is 5.10 Å². The van der Waals surface area contributed by atoms with Gasteiger partial charge in [-0.3, -0.25) is 0 Å². The second-order valence-electron chi connectivity index (χ2n) is 1.38. The van der Waals surface area contributed by atoms with Gasteiger partial charge in [0.05, 0.1) is 0 Å². The van der Waals surface area contributed by atoms with Crippen LogP contribution in [0.2, 0.25) is 0 Å². The number of nitrogens with one attached hydrogen (secondary N) is 1. The topological polar surface area (TPSA) is 51.0 Å². The van der Waals surface area contributed by atoms with E-state index in [2.05, 4.69) is 15.5 Å². The lowest BCUT2D eigenvalue weighted by Gasteiger charge is -1.82. The first-order valence-corrected chi connectivity index (χ1v) is 2.31. The number of aryl methyl sites for hydroxylation is 1. The quantitative estimate of drug-likeness (QED) is 0.643. The fraction of sp³-hybridized carbons (Fsp3) is 0.500. The zero-order chi connectivity index (χ0) is 5.98. The molecule has 9 heavy (non-hydrogen) atoms. The highest BCUT2D eigenvalue weighted by molar-refractivity contribution is 5.85. The predicted molar refractivity (Wildman–Crippen MR) is 35.8 cm³/mol. The molecule has 1 aromatic rings. The van der Waals surface area contributed by atoms with Crippen LogP contribution < -0.4 is 5.32 Å². The summed E-state index contributed by atoms with van der Waals surface area (Å²) in [6.07, 6.45) is 0. The highest BCUT2D eigenvalue weighted by atomic mass is 35.5. The number of aromatic nitrogens is 2. The summed E-state index contributed by atoms with van der Waals surface area (Å²) in [5.41, 5.74) is 0. The molecule has 0 unspecified atom stereocenters. The van der Waals surface area contributed by atoms with Crippen LogP contribution in [0.15, 0.2) is 4.42 Å². The van der Waals surface area contributed by atoms with E-state index in [4.69, 9.17) is 4.42 Å². The van der Waals surface area contributed by atoms with E-state index < -0.39 is 0 Å². The van der Waals surface area contributed by atoms with Gasteiger partial charge >= 0.3 is 6.01 Å². The van der Waals surface area contributed by atoms with Crippen LogP contribution in [0, 0.1) is 6.92 Å². The van der Waals surface area contributed by atoms with E-state index in [1.165, 1.54) is 0 Å². The van der Waals surface area contributed by atoms with Gasteiger partial charge in [0.2, 0.25) is 5.89 Å². The Labute approximate surface area is 59.1 Å². The van der Waals surface area contributed by atoms with Crippen LogP contribution in [-0.2, 0) is 0 Å². The van der Waals surface area contributed by atoms with Gasteiger partial charge in [0.25, 0.3) is 0 Å². The van der Waals surface area contributed by atoms with Gasteiger partial charge in [-0.15, -0.1) is 17.5 Å². The molecule has 0 aliphatic carbocycles. The van der Waals surface area contributed by atoms with Crippen molar-refractivity contribution in [3.05, 3.63) is 5.89 Å². The molecule has 0 amide bonds. The zero-order valence-corrected chi connectivity index (χ0v) is 6.03. The molecule has 0 aliphatic heterocycles. The summed E-state index contributed by atoms with van der Waals surface area (Å²) in [5, 5.41) is 9.92. The highest BCUT2D eigenvalue weighted by Crippen LogP contribution is 2.00. The van der Waals surface area contributed by atoms with Gasteiger partial charge in [-0.2, -0.15) is 0 Å². The Kier molecular flexibility index (Phi) is 3.01. The highest BCUT2D eigenvalue weighted by Gasteiger charge is 1.94. The van der Waals surface area contributed by atoms with Gasteiger partial charge in [0.1, 0.15) is 0 Å². The van der Waals surface area contributed by atoms with E-state index in [0.717, 1.165) is 0 Å². The Morgan fingerprint density at radius 3 is 2.33 bits per heavy atom. The standard InChI is InChI=1S/C4H7N3O.ClH/c1-3-6-7-4(5-2)8-3;/h1-2H3,(H,5,7);1H. The molecule has 0 spiro atoms. The molecular formula is C4H8ClN3O. The van der Waals surface area contributed by atoms with E-state index in [-0.39, 0.29) is 12.4 Å². The number of rotatable bonds is 1. The smallest absolute Gasteiger partial charge is 0.315 e. The van der Waals surface area contributed by atoms with Gasteiger partial charge in [0.15, 0.2) is 0 Å². The van der Waals surface area contributed by atoms with Crippen molar-refractivity contribution in [1.82, 2.24) is 10.2 Å². The summed E-state index contributed by atoms with van der Waals surface area (Å²) in [5.74, 6) is 0.578. The fourth-order valence-corrected chi connectivity index (χ4v) is 0.398. The first-order chi connectivity index (χ1) is 3.83. The number of hydrogen-bond acceptors (Lipinski definition) is 4. The average molecular weight is 150 g/mol. The summed E-state index contributed by atoms with van der Waals surface area (Å²) in [4.78, 5) is 0. The molecule has 0 saturated carbocycles. The Bertz CT molecular complexity index is 176. The first kappa shape index (κ1) is 8.23. The minimum Gasteiger partial charge on any atom is -0.408 e. The van der Waals surface area contributed by atoms with E-state index >= 15 is 0 Å². The largest absolute Gasteiger partial charge is 0.408 e. The van der Waals surface area contributed by atoms with E-state index in [9.17, 15) is 0 Å². The van der Waals surface area contributed by atoms with Crippen molar-refractivity contribution in [3.63, 3.8) is 0 Å². The van der Waals surface area contributed by atoms with Crippen LogP contribution >= 0.6 is 12.4 Å². The Balaban J connectivity index is 0.000000640. The van der Waals surface area contributed by atoms with E-state index in [1.807, 2.05) is 0 Å². The molecule has 52 valence electrons. The maximum Gasteiger partial charge on any atom is 0.315 e. The molecule has 1 aromatic heterocycles.